The molecule has 0 saturated carbocycles. The average Bonchev–Trinajstić information content (AvgIpc) is 3.16. The minimum atomic E-state index is -3.79. The molecule has 0 spiro atoms. The molecule has 0 fully saturated rings. The Hall–Kier alpha value is -2.98. The molecule has 0 radical (unpaired) electrons. The number of carbonyl (C=O) groups excluding carboxylic acids is 1. The number of sulfonamides is 1. The number of aromatic nitrogens is 2. The Morgan fingerprint density at radius 2 is 1.74 bits per heavy atom. The first-order valence-electron chi connectivity index (χ1n) is 9.45. The fourth-order valence-corrected chi connectivity index (χ4v) is 4.97. The van der Waals surface area contributed by atoms with E-state index in [4.69, 9.17) is 4.74 Å². The maximum atomic E-state index is 12.9. The van der Waals surface area contributed by atoms with Crippen LogP contribution in [-0.4, -0.2) is 43.9 Å². The summed E-state index contributed by atoms with van der Waals surface area (Å²) in [7, 11) is -2.33. The molecule has 1 aromatic heterocycles. The molecule has 0 saturated heterocycles. The highest BCUT2D eigenvalue weighted by Gasteiger charge is 2.32. The first kappa shape index (κ1) is 22.7. The van der Waals surface area contributed by atoms with Crippen molar-refractivity contribution in [2.45, 2.75) is 26.8 Å². The third-order valence-corrected chi connectivity index (χ3v) is 6.73. The van der Waals surface area contributed by atoms with Gasteiger partial charge < -0.3 is 4.74 Å². The van der Waals surface area contributed by atoms with Crippen molar-refractivity contribution >= 4 is 38.1 Å². The van der Waals surface area contributed by atoms with E-state index < -0.39 is 22.0 Å². The number of rotatable bonds is 7. The molecule has 3 aromatic rings. The van der Waals surface area contributed by atoms with Gasteiger partial charge in [-0.15, -0.1) is 10.2 Å². The Labute approximate surface area is 185 Å². The SMILES string of the molecule is COc1ccc(C)cc1N([C@@H](C)C(=O)Nc1nnc(-c2ccc(C)cc2)s1)S(C)(=O)=O. The first-order valence-corrected chi connectivity index (χ1v) is 12.1. The molecule has 2 aromatic carbocycles. The molecular formula is C21H24N4O4S2. The van der Waals surface area contributed by atoms with Crippen molar-refractivity contribution in [3.8, 4) is 16.3 Å². The number of anilines is 2. The molecule has 1 heterocycles. The highest BCUT2D eigenvalue weighted by atomic mass is 32.2. The summed E-state index contributed by atoms with van der Waals surface area (Å²) in [5.74, 6) is -0.172. The van der Waals surface area contributed by atoms with Crippen molar-refractivity contribution in [2.75, 3.05) is 23.0 Å². The Morgan fingerprint density at radius 1 is 1.10 bits per heavy atom. The summed E-state index contributed by atoms with van der Waals surface area (Å²) >= 11 is 1.22. The first-order chi connectivity index (χ1) is 14.6. The third-order valence-electron chi connectivity index (χ3n) is 4.61. The van der Waals surface area contributed by atoms with Gasteiger partial charge in [-0.3, -0.25) is 14.4 Å². The number of aryl methyl sites for hydroxylation is 2. The summed E-state index contributed by atoms with van der Waals surface area (Å²) in [5, 5.41) is 11.8. The summed E-state index contributed by atoms with van der Waals surface area (Å²) in [5.41, 5.74) is 3.15. The van der Waals surface area contributed by atoms with E-state index in [0.29, 0.717) is 16.4 Å². The van der Waals surface area contributed by atoms with E-state index in [1.54, 1.807) is 18.2 Å². The molecule has 1 N–H and O–H groups in total. The molecule has 0 aliphatic carbocycles. The van der Waals surface area contributed by atoms with E-state index >= 15 is 0 Å². The van der Waals surface area contributed by atoms with Crippen LogP contribution in [0.3, 0.4) is 0 Å². The number of benzene rings is 2. The van der Waals surface area contributed by atoms with Gasteiger partial charge in [0.05, 0.1) is 19.1 Å². The quantitative estimate of drug-likeness (QED) is 0.578. The molecule has 164 valence electrons. The normalized spacial score (nSPS) is 12.3. The Balaban J connectivity index is 1.86. The van der Waals surface area contributed by atoms with Crippen LogP contribution >= 0.6 is 11.3 Å². The van der Waals surface area contributed by atoms with Crippen LogP contribution < -0.4 is 14.4 Å². The van der Waals surface area contributed by atoms with E-state index in [0.717, 1.165) is 27.3 Å². The zero-order valence-corrected chi connectivity index (χ0v) is 19.5. The van der Waals surface area contributed by atoms with Gasteiger partial charge in [0, 0.05) is 5.56 Å². The highest BCUT2D eigenvalue weighted by molar-refractivity contribution is 7.92. The van der Waals surface area contributed by atoms with E-state index in [1.807, 2.05) is 38.1 Å². The summed E-state index contributed by atoms with van der Waals surface area (Å²) < 4.78 is 31.6. The van der Waals surface area contributed by atoms with Crippen LogP contribution in [0.15, 0.2) is 42.5 Å². The van der Waals surface area contributed by atoms with Crippen LogP contribution in [0, 0.1) is 13.8 Å². The fraction of sp³-hybridized carbons (Fsp3) is 0.286. The van der Waals surface area contributed by atoms with Gasteiger partial charge in [0.25, 0.3) is 0 Å². The van der Waals surface area contributed by atoms with Crippen molar-refractivity contribution in [3.05, 3.63) is 53.6 Å². The van der Waals surface area contributed by atoms with Crippen LogP contribution in [0.4, 0.5) is 10.8 Å². The zero-order valence-electron chi connectivity index (χ0n) is 17.9. The smallest absolute Gasteiger partial charge is 0.249 e. The number of amides is 1. The lowest BCUT2D eigenvalue weighted by Gasteiger charge is -2.29. The second-order valence-corrected chi connectivity index (χ2v) is 10.0. The summed E-state index contributed by atoms with van der Waals surface area (Å²) in [4.78, 5) is 12.9. The molecule has 0 unspecified atom stereocenters. The standard InChI is InChI=1S/C21H24N4O4S2/c1-13-6-9-16(10-7-13)20-23-24-21(30-20)22-19(26)15(3)25(31(5,27)28)17-12-14(2)8-11-18(17)29-4/h6-12,15H,1-5H3,(H,22,24,26)/t15-/m0/s1. The monoisotopic (exact) mass is 460 g/mol. The Bertz CT molecular complexity index is 1190. The predicted octanol–water partition coefficient (Wildman–Crippen LogP) is 3.62. The average molecular weight is 461 g/mol. The fourth-order valence-electron chi connectivity index (χ4n) is 3.05. The molecule has 0 aliphatic heterocycles. The second-order valence-electron chi connectivity index (χ2n) is 7.18. The largest absolute Gasteiger partial charge is 0.495 e. The number of nitrogens with one attached hydrogen (secondary N) is 1. The van der Waals surface area contributed by atoms with Gasteiger partial charge in [-0.1, -0.05) is 47.2 Å². The summed E-state index contributed by atoms with van der Waals surface area (Å²) in [6, 6.07) is 11.9. The minimum Gasteiger partial charge on any atom is -0.495 e. The van der Waals surface area contributed by atoms with Gasteiger partial charge in [0.2, 0.25) is 21.1 Å². The Kier molecular flexibility index (Phi) is 6.61. The molecule has 10 heteroatoms. The lowest BCUT2D eigenvalue weighted by molar-refractivity contribution is -0.116. The van der Waals surface area contributed by atoms with Gasteiger partial charge in [-0.25, -0.2) is 8.42 Å². The van der Waals surface area contributed by atoms with Gasteiger partial charge >= 0.3 is 0 Å². The van der Waals surface area contributed by atoms with Crippen LogP contribution in [0.2, 0.25) is 0 Å². The molecule has 0 bridgehead atoms. The number of hydrogen-bond acceptors (Lipinski definition) is 7. The summed E-state index contributed by atoms with van der Waals surface area (Å²) in [6.45, 7) is 5.34. The number of nitrogens with zero attached hydrogens (tertiary/aromatic N) is 3. The van der Waals surface area contributed by atoms with Gasteiger partial charge in [0.1, 0.15) is 16.8 Å². The molecule has 3 rings (SSSR count). The number of hydrogen-bond donors (Lipinski definition) is 1. The van der Waals surface area contributed by atoms with Gasteiger partial charge in [-0.2, -0.15) is 0 Å². The van der Waals surface area contributed by atoms with Crippen molar-refractivity contribution in [1.29, 1.82) is 0 Å². The number of carbonyl (C=O) groups is 1. The van der Waals surface area contributed by atoms with Gasteiger partial charge in [0.15, 0.2) is 0 Å². The molecule has 0 aliphatic rings. The molecule has 1 atom stereocenters. The summed E-state index contributed by atoms with van der Waals surface area (Å²) in [6.07, 6.45) is 1.05. The molecule has 8 nitrogen and oxygen atoms in total. The van der Waals surface area contributed by atoms with Crippen LogP contribution in [-0.2, 0) is 14.8 Å². The van der Waals surface area contributed by atoms with Crippen molar-refractivity contribution < 1.29 is 17.9 Å². The van der Waals surface area contributed by atoms with E-state index in [9.17, 15) is 13.2 Å². The van der Waals surface area contributed by atoms with Crippen LogP contribution in [0.25, 0.3) is 10.6 Å². The number of methoxy groups -OCH3 is 1. The van der Waals surface area contributed by atoms with Crippen LogP contribution in [0.1, 0.15) is 18.1 Å². The predicted molar refractivity (Wildman–Crippen MR) is 123 cm³/mol. The lowest BCUT2D eigenvalue weighted by Crippen LogP contribution is -2.45. The second kappa shape index (κ2) is 9.03. The zero-order chi connectivity index (χ0) is 22.8. The molecular weight excluding hydrogens is 436 g/mol. The van der Waals surface area contributed by atoms with E-state index in [-0.39, 0.29) is 5.13 Å². The van der Waals surface area contributed by atoms with Crippen LogP contribution in [0.5, 0.6) is 5.75 Å². The Morgan fingerprint density at radius 3 is 2.35 bits per heavy atom. The van der Waals surface area contributed by atoms with Crippen molar-refractivity contribution in [1.82, 2.24) is 10.2 Å². The van der Waals surface area contributed by atoms with Crippen molar-refractivity contribution in [2.24, 2.45) is 0 Å². The maximum Gasteiger partial charge on any atom is 0.249 e. The molecule has 31 heavy (non-hydrogen) atoms. The lowest BCUT2D eigenvalue weighted by atomic mass is 10.2. The third kappa shape index (κ3) is 5.20. The highest BCUT2D eigenvalue weighted by Crippen LogP contribution is 2.33. The molecule has 1 amide bonds. The van der Waals surface area contributed by atoms with E-state index in [1.165, 1.54) is 25.4 Å². The maximum absolute atomic E-state index is 12.9. The minimum absolute atomic E-state index is 0.289. The van der Waals surface area contributed by atoms with Crippen molar-refractivity contribution in [3.63, 3.8) is 0 Å². The number of ether oxygens (including phenoxy) is 1. The topological polar surface area (TPSA) is 101 Å². The van der Waals surface area contributed by atoms with E-state index in [2.05, 4.69) is 15.5 Å². The van der Waals surface area contributed by atoms with Gasteiger partial charge in [-0.05, 0) is 38.5 Å².